The summed E-state index contributed by atoms with van der Waals surface area (Å²) in [5.41, 5.74) is 0.325. The molecule has 0 atom stereocenters. The van der Waals surface area contributed by atoms with Crippen LogP contribution in [0.2, 0.25) is 0 Å². The van der Waals surface area contributed by atoms with Gasteiger partial charge >= 0.3 is 0 Å². The Labute approximate surface area is 80.7 Å². The van der Waals surface area contributed by atoms with Gasteiger partial charge in [-0.3, -0.25) is 9.59 Å². The maximum atomic E-state index is 11.4. The fourth-order valence-corrected chi connectivity index (χ4v) is 1.28. The molecular formula is C11H8O3. The first-order chi connectivity index (χ1) is 6.66. The Bertz CT molecular complexity index is 461. The summed E-state index contributed by atoms with van der Waals surface area (Å²) in [4.78, 5) is 22.4. The van der Waals surface area contributed by atoms with E-state index in [4.69, 9.17) is 4.42 Å². The molecule has 3 heteroatoms. The third-order valence-electron chi connectivity index (χ3n) is 1.96. The molecule has 0 saturated carbocycles. The second kappa shape index (κ2) is 3.10. The molecule has 1 heterocycles. The highest BCUT2D eigenvalue weighted by Gasteiger charge is 2.17. The Kier molecular flexibility index (Phi) is 1.93. The van der Waals surface area contributed by atoms with Crippen LogP contribution in [0.15, 0.2) is 34.8 Å². The first-order valence-electron chi connectivity index (χ1n) is 4.22. The number of furan rings is 1. The summed E-state index contributed by atoms with van der Waals surface area (Å²) in [7, 11) is 0. The molecule has 0 fully saturated rings. The van der Waals surface area contributed by atoms with Gasteiger partial charge in [0.1, 0.15) is 11.5 Å². The van der Waals surface area contributed by atoms with E-state index in [0.29, 0.717) is 11.3 Å². The highest BCUT2D eigenvalue weighted by atomic mass is 16.3. The molecule has 0 radical (unpaired) electrons. The van der Waals surface area contributed by atoms with Gasteiger partial charge in [0.25, 0.3) is 0 Å². The minimum atomic E-state index is -0.195. The van der Waals surface area contributed by atoms with Crippen LogP contribution in [-0.4, -0.2) is 11.6 Å². The number of carbonyl (C=O) groups is 2. The number of hydrogen-bond donors (Lipinski definition) is 0. The molecule has 1 aliphatic carbocycles. The third-order valence-corrected chi connectivity index (χ3v) is 1.96. The molecular weight excluding hydrogens is 180 g/mol. The summed E-state index contributed by atoms with van der Waals surface area (Å²) in [6.45, 7) is 1.79. The first-order valence-corrected chi connectivity index (χ1v) is 4.22. The Morgan fingerprint density at radius 2 is 1.93 bits per heavy atom. The van der Waals surface area contributed by atoms with E-state index < -0.39 is 0 Å². The largest absolute Gasteiger partial charge is 0.461 e. The number of carbonyl (C=O) groups excluding carboxylic acids is 2. The molecule has 0 N–H and O–H groups in total. The van der Waals surface area contributed by atoms with Gasteiger partial charge in [-0.05, 0) is 31.2 Å². The lowest BCUT2D eigenvalue weighted by atomic mass is 10.0. The third kappa shape index (κ3) is 1.44. The van der Waals surface area contributed by atoms with E-state index in [9.17, 15) is 9.59 Å². The number of aryl methyl sites for hydroxylation is 1. The average Bonchev–Trinajstić information content (AvgIpc) is 2.56. The number of allylic oxidation sites excluding steroid dienone is 4. The minimum Gasteiger partial charge on any atom is -0.461 e. The van der Waals surface area contributed by atoms with Gasteiger partial charge in [-0.25, -0.2) is 0 Å². The van der Waals surface area contributed by atoms with Crippen molar-refractivity contribution in [2.45, 2.75) is 6.92 Å². The van der Waals surface area contributed by atoms with Crippen molar-refractivity contribution in [3.8, 4) is 0 Å². The van der Waals surface area contributed by atoms with Crippen LogP contribution in [0.5, 0.6) is 0 Å². The zero-order chi connectivity index (χ0) is 10.1. The number of hydrogen-bond acceptors (Lipinski definition) is 3. The quantitative estimate of drug-likeness (QED) is 0.630. The van der Waals surface area contributed by atoms with E-state index in [-0.39, 0.29) is 11.6 Å². The van der Waals surface area contributed by atoms with E-state index in [2.05, 4.69) is 0 Å². The van der Waals surface area contributed by atoms with Crippen molar-refractivity contribution >= 4 is 17.1 Å². The van der Waals surface area contributed by atoms with Crippen molar-refractivity contribution in [1.29, 1.82) is 0 Å². The van der Waals surface area contributed by atoms with Crippen molar-refractivity contribution in [3.05, 3.63) is 41.9 Å². The molecule has 0 aromatic carbocycles. The topological polar surface area (TPSA) is 47.3 Å². The molecule has 0 saturated heterocycles. The molecule has 2 rings (SSSR count). The van der Waals surface area contributed by atoms with Gasteiger partial charge in [0, 0.05) is 6.08 Å². The summed E-state index contributed by atoms with van der Waals surface area (Å²) >= 11 is 0. The van der Waals surface area contributed by atoms with Crippen LogP contribution < -0.4 is 0 Å². The molecule has 0 amide bonds. The predicted octanol–water partition coefficient (Wildman–Crippen LogP) is 1.68. The van der Waals surface area contributed by atoms with E-state index in [1.165, 1.54) is 18.2 Å². The molecule has 0 aliphatic heterocycles. The second-order valence-electron chi connectivity index (χ2n) is 3.07. The lowest BCUT2D eigenvalue weighted by Gasteiger charge is -2.02. The summed E-state index contributed by atoms with van der Waals surface area (Å²) in [6, 6.07) is 3.44. The second-order valence-corrected chi connectivity index (χ2v) is 3.07. The summed E-state index contributed by atoms with van der Waals surface area (Å²) in [6.07, 6.45) is 3.80. The highest BCUT2D eigenvalue weighted by Crippen LogP contribution is 2.21. The molecule has 0 bridgehead atoms. The Morgan fingerprint density at radius 1 is 1.14 bits per heavy atom. The van der Waals surface area contributed by atoms with Crippen LogP contribution in [0.3, 0.4) is 0 Å². The van der Waals surface area contributed by atoms with Gasteiger partial charge in [-0.2, -0.15) is 0 Å². The molecule has 0 spiro atoms. The van der Waals surface area contributed by atoms with Gasteiger partial charge in [0.05, 0.1) is 5.57 Å². The Balaban J connectivity index is 2.44. The van der Waals surface area contributed by atoms with Crippen LogP contribution in [0.4, 0.5) is 0 Å². The smallest absolute Gasteiger partial charge is 0.189 e. The van der Waals surface area contributed by atoms with Gasteiger partial charge < -0.3 is 4.42 Å². The lowest BCUT2D eigenvalue weighted by molar-refractivity contribution is -0.113. The summed E-state index contributed by atoms with van der Waals surface area (Å²) in [5, 5.41) is 0. The van der Waals surface area contributed by atoms with Crippen molar-refractivity contribution in [2.75, 3.05) is 0 Å². The number of rotatable bonds is 1. The van der Waals surface area contributed by atoms with E-state index in [1.807, 2.05) is 0 Å². The SMILES string of the molecule is Cc1ccc(C2=CC(=O)C=CC2=O)o1. The Morgan fingerprint density at radius 3 is 2.57 bits per heavy atom. The minimum absolute atomic E-state index is 0.186. The maximum Gasteiger partial charge on any atom is 0.189 e. The van der Waals surface area contributed by atoms with Crippen molar-refractivity contribution in [1.82, 2.24) is 0 Å². The fraction of sp³-hybridized carbons (Fsp3) is 0.0909. The van der Waals surface area contributed by atoms with Crippen LogP contribution in [0.25, 0.3) is 5.57 Å². The van der Waals surface area contributed by atoms with Crippen LogP contribution >= 0.6 is 0 Å². The zero-order valence-corrected chi connectivity index (χ0v) is 7.61. The lowest BCUT2D eigenvalue weighted by Crippen LogP contribution is -2.05. The zero-order valence-electron chi connectivity index (χ0n) is 7.61. The van der Waals surface area contributed by atoms with Crippen molar-refractivity contribution < 1.29 is 14.0 Å². The summed E-state index contributed by atoms with van der Waals surface area (Å²) < 4.78 is 5.27. The van der Waals surface area contributed by atoms with E-state index in [1.54, 1.807) is 19.1 Å². The molecule has 1 aliphatic rings. The standard InChI is InChI=1S/C11H8O3/c1-7-2-5-11(14-7)9-6-8(12)3-4-10(9)13/h2-6H,1H3. The van der Waals surface area contributed by atoms with Crippen LogP contribution in [0.1, 0.15) is 11.5 Å². The molecule has 3 nitrogen and oxygen atoms in total. The molecule has 0 unspecified atom stereocenters. The normalized spacial score (nSPS) is 15.9. The molecule has 1 aromatic rings. The molecule has 14 heavy (non-hydrogen) atoms. The van der Waals surface area contributed by atoms with Gasteiger partial charge in [-0.1, -0.05) is 0 Å². The fourth-order valence-electron chi connectivity index (χ4n) is 1.28. The maximum absolute atomic E-state index is 11.4. The van der Waals surface area contributed by atoms with Gasteiger partial charge in [-0.15, -0.1) is 0 Å². The first kappa shape index (κ1) is 8.69. The van der Waals surface area contributed by atoms with Crippen LogP contribution in [0, 0.1) is 6.92 Å². The summed E-state index contributed by atoms with van der Waals surface area (Å²) in [5.74, 6) is 0.786. The van der Waals surface area contributed by atoms with E-state index in [0.717, 1.165) is 5.76 Å². The predicted molar refractivity (Wildman–Crippen MR) is 50.6 cm³/mol. The van der Waals surface area contributed by atoms with Gasteiger partial charge in [0.15, 0.2) is 11.6 Å². The van der Waals surface area contributed by atoms with Gasteiger partial charge in [0.2, 0.25) is 0 Å². The average molecular weight is 188 g/mol. The van der Waals surface area contributed by atoms with E-state index >= 15 is 0 Å². The van der Waals surface area contributed by atoms with Crippen molar-refractivity contribution in [3.63, 3.8) is 0 Å². The highest BCUT2D eigenvalue weighted by molar-refractivity contribution is 6.33. The van der Waals surface area contributed by atoms with Crippen LogP contribution in [-0.2, 0) is 9.59 Å². The molecule has 70 valence electrons. The van der Waals surface area contributed by atoms with Crippen molar-refractivity contribution in [2.24, 2.45) is 0 Å². The molecule has 1 aromatic heterocycles. The monoisotopic (exact) mass is 188 g/mol. The number of ketones is 2. The Hall–Kier alpha value is -1.90.